The SMILES string of the molecule is CCCCS(=O)(=O)NCc1[nH]nc(N)c1N=Nc1cccc(F)c1. The Balaban J connectivity index is 2.11. The van der Waals surface area contributed by atoms with Gasteiger partial charge in [-0.3, -0.25) is 5.10 Å². The Hall–Kier alpha value is -2.33. The third-order valence-corrected chi connectivity index (χ3v) is 4.56. The molecule has 10 heteroatoms. The molecule has 1 aromatic heterocycles. The maximum absolute atomic E-state index is 13.1. The van der Waals surface area contributed by atoms with Crippen LogP contribution in [0.15, 0.2) is 34.5 Å². The molecule has 0 radical (unpaired) electrons. The van der Waals surface area contributed by atoms with Gasteiger partial charge in [-0.25, -0.2) is 17.5 Å². The number of benzene rings is 1. The van der Waals surface area contributed by atoms with Gasteiger partial charge in [-0.15, -0.1) is 5.11 Å². The quantitative estimate of drug-likeness (QED) is 0.630. The van der Waals surface area contributed by atoms with Gasteiger partial charge in [0, 0.05) is 6.07 Å². The highest BCUT2D eigenvalue weighted by Gasteiger charge is 2.14. The molecule has 0 aliphatic carbocycles. The Labute approximate surface area is 139 Å². The molecular formula is C14H19FN6O2S. The smallest absolute Gasteiger partial charge is 0.211 e. The van der Waals surface area contributed by atoms with Crippen LogP contribution in [-0.2, 0) is 16.6 Å². The molecule has 2 rings (SSSR count). The first-order valence-electron chi connectivity index (χ1n) is 7.38. The van der Waals surface area contributed by atoms with Crippen LogP contribution < -0.4 is 10.5 Å². The minimum Gasteiger partial charge on any atom is -0.380 e. The fourth-order valence-corrected chi connectivity index (χ4v) is 3.04. The monoisotopic (exact) mass is 354 g/mol. The lowest BCUT2D eigenvalue weighted by molar-refractivity contribution is 0.577. The molecule has 2 aromatic rings. The van der Waals surface area contributed by atoms with E-state index in [9.17, 15) is 12.8 Å². The molecule has 0 fully saturated rings. The molecule has 1 heterocycles. The van der Waals surface area contributed by atoms with Gasteiger partial charge in [-0.1, -0.05) is 19.4 Å². The number of unbranched alkanes of at least 4 members (excludes halogenated alkanes) is 1. The van der Waals surface area contributed by atoms with Crippen LogP contribution in [0.3, 0.4) is 0 Å². The predicted molar refractivity (Wildman–Crippen MR) is 89.1 cm³/mol. The number of hydrogen-bond acceptors (Lipinski definition) is 6. The van der Waals surface area contributed by atoms with Crippen LogP contribution in [-0.4, -0.2) is 24.4 Å². The first kappa shape index (κ1) is 18.0. The third kappa shape index (κ3) is 5.10. The number of halogens is 1. The van der Waals surface area contributed by atoms with Gasteiger partial charge >= 0.3 is 0 Å². The number of H-pyrrole nitrogens is 1. The van der Waals surface area contributed by atoms with Crippen molar-refractivity contribution in [3.05, 3.63) is 35.8 Å². The van der Waals surface area contributed by atoms with E-state index in [-0.39, 0.29) is 23.8 Å². The molecule has 0 unspecified atom stereocenters. The summed E-state index contributed by atoms with van der Waals surface area (Å²) in [5.41, 5.74) is 6.62. The van der Waals surface area contributed by atoms with Gasteiger partial charge in [0.15, 0.2) is 11.5 Å². The van der Waals surface area contributed by atoms with Gasteiger partial charge in [-0.2, -0.15) is 10.2 Å². The van der Waals surface area contributed by atoms with Crippen LogP contribution in [0.5, 0.6) is 0 Å². The summed E-state index contributed by atoms with van der Waals surface area (Å²) in [6.07, 6.45) is 1.36. The molecule has 0 atom stereocenters. The second-order valence-corrected chi connectivity index (χ2v) is 7.04. The molecule has 0 amide bonds. The zero-order valence-electron chi connectivity index (χ0n) is 13.2. The summed E-state index contributed by atoms with van der Waals surface area (Å²) in [6.45, 7) is 1.88. The highest BCUT2D eigenvalue weighted by molar-refractivity contribution is 7.89. The normalized spacial score (nSPS) is 12.1. The second kappa shape index (κ2) is 7.97. The lowest BCUT2D eigenvalue weighted by Crippen LogP contribution is -2.26. The average molecular weight is 354 g/mol. The molecule has 8 nitrogen and oxygen atoms in total. The number of hydrogen-bond donors (Lipinski definition) is 3. The molecule has 24 heavy (non-hydrogen) atoms. The number of nitrogens with zero attached hydrogens (tertiary/aromatic N) is 3. The summed E-state index contributed by atoms with van der Waals surface area (Å²) in [6, 6.07) is 5.59. The standard InChI is InChI=1S/C14H19FN6O2S/c1-2-3-7-24(22,23)17-9-12-13(14(16)21-19-12)20-18-11-6-4-5-10(15)8-11/h4-6,8,17H,2-3,7,9H2,1H3,(H3,16,19,21). The van der Waals surface area contributed by atoms with Crippen LogP contribution in [0.25, 0.3) is 0 Å². The number of aromatic nitrogens is 2. The van der Waals surface area contributed by atoms with E-state index in [0.29, 0.717) is 17.8 Å². The molecule has 0 saturated carbocycles. The highest BCUT2D eigenvalue weighted by Crippen LogP contribution is 2.26. The second-order valence-electron chi connectivity index (χ2n) is 5.11. The van der Waals surface area contributed by atoms with Crippen molar-refractivity contribution in [2.24, 2.45) is 10.2 Å². The Morgan fingerprint density at radius 3 is 2.88 bits per heavy atom. The Morgan fingerprint density at radius 1 is 1.38 bits per heavy atom. The summed E-state index contributed by atoms with van der Waals surface area (Å²) in [4.78, 5) is 0. The summed E-state index contributed by atoms with van der Waals surface area (Å²) >= 11 is 0. The zero-order valence-corrected chi connectivity index (χ0v) is 14.0. The van der Waals surface area contributed by atoms with E-state index < -0.39 is 15.8 Å². The van der Waals surface area contributed by atoms with Gasteiger partial charge in [0.25, 0.3) is 0 Å². The minimum absolute atomic E-state index is 0.0340. The summed E-state index contributed by atoms with van der Waals surface area (Å²) in [5.74, 6) is -0.304. The van der Waals surface area contributed by atoms with Gasteiger partial charge in [0.1, 0.15) is 5.82 Å². The van der Waals surface area contributed by atoms with Crippen LogP contribution in [0, 0.1) is 5.82 Å². The lowest BCUT2D eigenvalue weighted by Gasteiger charge is -2.05. The van der Waals surface area contributed by atoms with Crippen molar-refractivity contribution in [1.29, 1.82) is 0 Å². The molecule has 0 aliphatic heterocycles. The van der Waals surface area contributed by atoms with Crippen LogP contribution in [0.2, 0.25) is 0 Å². The van der Waals surface area contributed by atoms with E-state index in [4.69, 9.17) is 5.73 Å². The van der Waals surface area contributed by atoms with E-state index in [0.717, 1.165) is 6.42 Å². The van der Waals surface area contributed by atoms with Crippen molar-refractivity contribution >= 4 is 27.2 Å². The maximum Gasteiger partial charge on any atom is 0.211 e. The van der Waals surface area contributed by atoms with E-state index in [2.05, 4.69) is 25.1 Å². The highest BCUT2D eigenvalue weighted by atomic mass is 32.2. The van der Waals surface area contributed by atoms with Crippen LogP contribution in [0.1, 0.15) is 25.5 Å². The molecule has 130 valence electrons. The summed E-state index contributed by atoms with van der Waals surface area (Å²) in [7, 11) is -3.38. The first-order valence-corrected chi connectivity index (χ1v) is 9.04. The number of anilines is 1. The van der Waals surface area contributed by atoms with Crippen molar-refractivity contribution in [3.63, 3.8) is 0 Å². The Morgan fingerprint density at radius 2 is 2.17 bits per heavy atom. The summed E-state index contributed by atoms with van der Waals surface area (Å²) in [5, 5.41) is 14.3. The van der Waals surface area contributed by atoms with Crippen molar-refractivity contribution in [3.8, 4) is 0 Å². The fraction of sp³-hybridized carbons (Fsp3) is 0.357. The van der Waals surface area contributed by atoms with Gasteiger partial charge < -0.3 is 5.73 Å². The van der Waals surface area contributed by atoms with Crippen molar-refractivity contribution in [2.45, 2.75) is 26.3 Å². The number of nitrogens with two attached hydrogens (primary N) is 1. The van der Waals surface area contributed by atoms with Crippen molar-refractivity contribution in [1.82, 2.24) is 14.9 Å². The average Bonchev–Trinajstić information content (AvgIpc) is 2.89. The molecule has 4 N–H and O–H groups in total. The number of nitrogens with one attached hydrogen (secondary N) is 2. The molecule has 0 aliphatic rings. The van der Waals surface area contributed by atoms with E-state index in [1.807, 2.05) is 6.92 Å². The minimum atomic E-state index is -3.38. The molecule has 0 spiro atoms. The molecule has 0 saturated heterocycles. The fourth-order valence-electron chi connectivity index (χ4n) is 1.86. The van der Waals surface area contributed by atoms with Crippen LogP contribution in [0.4, 0.5) is 21.6 Å². The predicted octanol–water partition coefficient (Wildman–Crippen LogP) is 2.77. The number of nitrogen functional groups attached to an aromatic ring is 1. The van der Waals surface area contributed by atoms with Crippen molar-refractivity contribution in [2.75, 3.05) is 11.5 Å². The topological polar surface area (TPSA) is 126 Å². The zero-order chi connectivity index (χ0) is 17.6. The van der Waals surface area contributed by atoms with E-state index in [1.165, 1.54) is 18.2 Å². The Kier molecular flexibility index (Phi) is 5.99. The molecule has 0 bridgehead atoms. The molecule has 1 aromatic carbocycles. The molecular weight excluding hydrogens is 335 g/mol. The maximum atomic E-state index is 13.1. The number of azo groups is 1. The number of sulfonamides is 1. The lowest BCUT2D eigenvalue weighted by atomic mass is 10.3. The van der Waals surface area contributed by atoms with Gasteiger partial charge in [0.2, 0.25) is 10.0 Å². The van der Waals surface area contributed by atoms with E-state index in [1.54, 1.807) is 6.07 Å². The number of aromatic amines is 1. The van der Waals surface area contributed by atoms with Gasteiger partial charge in [0.05, 0.1) is 23.7 Å². The van der Waals surface area contributed by atoms with Crippen LogP contribution >= 0.6 is 0 Å². The van der Waals surface area contributed by atoms with E-state index >= 15 is 0 Å². The van der Waals surface area contributed by atoms with Gasteiger partial charge in [-0.05, 0) is 18.6 Å². The Bertz CT molecular complexity index is 818. The summed E-state index contributed by atoms with van der Waals surface area (Å²) < 4.78 is 39.2. The van der Waals surface area contributed by atoms with Crippen molar-refractivity contribution < 1.29 is 12.8 Å². The first-order chi connectivity index (χ1) is 11.4. The largest absolute Gasteiger partial charge is 0.380 e. The third-order valence-electron chi connectivity index (χ3n) is 3.15. The number of rotatable bonds is 8.